The van der Waals surface area contributed by atoms with Crippen molar-refractivity contribution in [2.24, 2.45) is 0 Å². The van der Waals surface area contributed by atoms with E-state index in [1.807, 2.05) is 17.0 Å². The van der Waals surface area contributed by atoms with Crippen LogP contribution in [0, 0.1) is 0 Å². The fourth-order valence-corrected chi connectivity index (χ4v) is 3.84. The molecule has 2 heterocycles. The Morgan fingerprint density at radius 2 is 1.90 bits per heavy atom. The van der Waals surface area contributed by atoms with Gasteiger partial charge in [-0.05, 0) is 45.0 Å². The number of nitrogens with zero attached hydrogens (tertiary/aromatic N) is 2. The van der Waals surface area contributed by atoms with Gasteiger partial charge in [-0.15, -0.1) is 0 Å². The maximum absolute atomic E-state index is 12.2. The average molecular weight is 423 g/mol. The standard InChI is InChI=1S/C19H25N3O6S/c1-19(2,3)28-17(23)20-12-16-13-22(18(24)27-16)15-6-4-14(5-7-15)21-8-10-29(25,26)11-9-21/h4-8,10,16H,9,11-13H2,1-3H3,(H,20,23)/t16-/m0/s1. The van der Waals surface area contributed by atoms with Crippen molar-refractivity contribution in [1.29, 1.82) is 0 Å². The first-order chi connectivity index (χ1) is 13.5. The predicted molar refractivity (Wildman–Crippen MR) is 109 cm³/mol. The zero-order valence-corrected chi connectivity index (χ0v) is 17.4. The molecule has 29 heavy (non-hydrogen) atoms. The highest BCUT2D eigenvalue weighted by molar-refractivity contribution is 7.94. The van der Waals surface area contributed by atoms with Gasteiger partial charge in [-0.2, -0.15) is 0 Å². The largest absolute Gasteiger partial charge is 0.444 e. The van der Waals surface area contributed by atoms with Gasteiger partial charge in [0.05, 0.1) is 18.8 Å². The Balaban J connectivity index is 1.57. The van der Waals surface area contributed by atoms with E-state index in [2.05, 4.69) is 5.32 Å². The summed E-state index contributed by atoms with van der Waals surface area (Å²) in [6.07, 6.45) is 0.00616. The van der Waals surface area contributed by atoms with Gasteiger partial charge < -0.3 is 19.7 Å². The van der Waals surface area contributed by atoms with Crippen LogP contribution >= 0.6 is 0 Å². The lowest BCUT2D eigenvalue weighted by molar-refractivity contribution is 0.0496. The second kappa shape index (κ2) is 7.94. The molecule has 3 rings (SSSR count). The quantitative estimate of drug-likeness (QED) is 0.792. The summed E-state index contributed by atoms with van der Waals surface area (Å²) in [5.74, 6) is 0.0655. The molecule has 1 atom stereocenters. The van der Waals surface area contributed by atoms with Crippen LogP contribution in [0.3, 0.4) is 0 Å². The predicted octanol–water partition coefficient (Wildman–Crippen LogP) is 2.24. The topological polar surface area (TPSA) is 105 Å². The minimum Gasteiger partial charge on any atom is -0.444 e. The van der Waals surface area contributed by atoms with Crippen LogP contribution in [0.4, 0.5) is 21.0 Å². The number of carbonyl (C=O) groups excluding carboxylic acids is 2. The molecule has 0 saturated carbocycles. The summed E-state index contributed by atoms with van der Waals surface area (Å²) < 4.78 is 33.4. The van der Waals surface area contributed by atoms with Crippen molar-refractivity contribution < 1.29 is 27.5 Å². The van der Waals surface area contributed by atoms with Crippen LogP contribution in [0.1, 0.15) is 20.8 Å². The summed E-state index contributed by atoms with van der Waals surface area (Å²) >= 11 is 0. The number of alkyl carbamates (subject to hydrolysis) is 1. The molecule has 0 radical (unpaired) electrons. The van der Waals surface area contributed by atoms with E-state index in [1.54, 1.807) is 32.9 Å². The molecule has 0 spiro atoms. The molecule has 2 aliphatic heterocycles. The highest BCUT2D eigenvalue weighted by Crippen LogP contribution is 2.26. The Kier molecular flexibility index (Phi) is 5.74. The minimum atomic E-state index is -3.11. The number of rotatable bonds is 4. The van der Waals surface area contributed by atoms with E-state index < -0.39 is 33.7 Å². The van der Waals surface area contributed by atoms with Gasteiger partial charge in [-0.3, -0.25) is 4.90 Å². The Bertz CT molecular complexity index is 905. The van der Waals surface area contributed by atoms with Crippen LogP contribution in [0.2, 0.25) is 0 Å². The smallest absolute Gasteiger partial charge is 0.414 e. The lowest BCUT2D eigenvalue weighted by Crippen LogP contribution is -2.38. The fraction of sp³-hybridized carbons (Fsp3) is 0.474. The first-order valence-corrected chi connectivity index (χ1v) is 11.0. The molecule has 0 unspecified atom stereocenters. The first-order valence-electron chi connectivity index (χ1n) is 9.25. The number of cyclic esters (lactones) is 1. The van der Waals surface area contributed by atoms with Crippen molar-refractivity contribution in [3.05, 3.63) is 35.9 Å². The van der Waals surface area contributed by atoms with Crippen molar-refractivity contribution in [3.63, 3.8) is 0 Å². The van der Waals surface area contributed by atoms with Gasteiger partial charge in [0.1, 0.15) is 11.7 Å². The molecular formula is C19H25N3O6S. The number of ether oxygens (including phenoxy) is 2. The molecule has 0 aromatic heterocycles. The van der Waals surface area contributed by atoms with Crippen LogP contribution in [0.15, 0.2) is 35.9 Å². The Hall–Kier alpha value is -2.75. The van der Waals surface area contributed by atoms with E-state index in [0.717, 1.165) is 5.69 Å². The molecule has 1 aromatic rings. The molecule has 1 aromatic carbocycles. The highest BCUT2D eigenvalue weighted by Gasteiger charge is 2.33. The van der Waals surface area contributed by atoms with Crippen molar-refractivity contribution in [3.8, 4) is 0 Å². The molecule has 1 fully saturated rings. The lowest BCUT2D eigenvalue weighted by Gasteiger charge is -2.24. The third-order valence-corrected chi connectivity index (χ3v) is 5.59. The van der Waals surface area contributed by atoms with Crippen LogP contribution in [0.25, 0.3) is 0 Å². The van der Waals surface area contributed by atoms with Crippen molar-refractivity contribution >= 4 is 33.4 Å². The molecule has 158 valence electrons. The van der Waals surface area contributed by atoms with Gasteiger partial charge in [-0.25, -0.2) is 18.0 Å². The summed E-state index contributed by atoms with van der Waals surface area (Å²) in [4.78, 5) is 27.3. The molecule has 9 nitrogen and oxygen atoms in total. The van der Waals surface area contributed by atoms with E-state index in [1.165, 1.54) is 16.5 Å². The number of sulfone groups is 1. The number of amides is 2. The molecule has 0 aliphatic carbocycles. The average Bonchev–Trinajstić information content (AvgIpc) is 3.00. The minimum absolute atomic E-state index is 0.0655. The Labute approximate surface area is 170 Å². The van der Waals surface area contributed by atoms with Gasteiger partial charge >= 0.3 is 12.2 Å². The third-order valence-electron chi connectivity index (χ3n) is 4.30. The Morgan fingerprint density at radius 1 is 1.24 bits per heavy atom. The Morgan fingerprint density at radius 3 is 2.48 bits per heavy atom. The summed E-state index contributed by atoms with van der Waals surface area (Å²) in [5.41, 5.74) is 0.889. The van der Waals surface area contributed by atoms with E-state index in [9.17, 15) is 18.0 Å². The fourth-order valence-electron chi connectivity index (χ4n) is 2.92. The van der Waals surface area contributed by atoms with Gasteiger partial charge in [0.15, 0.2) is 9.84 Å². The van der Waals surface area contributed by atoms with Crippen molar-refractivity contribution in [1.82, 2.24) is 5.32 Å². The zero-order chi connectivity index (χ0) is 21.2. The lowest BCUT2D eigenvalue weighted by atomic mass is 10.2. The van der Waals surface area contributed by atoms with Gasteiger partial charge in [-0.1, -0.05) is 0 Å². The summed E-state index contributed by atoms with van der Waals surface area (Å²) in [6.45, 7) is 6.14. The molecular weight excluding hydrogens is 398 g/mol. The van der Waals surface area contributed by atoms with E-state index >= 15 is 0 Å². The maximum Gasteiger partial charge on any atom is 0.414 e. The molecule has 0 bridgehead atoms. The first kappa shape index (κ1) is 21.0. The highest BCUT2D eigenvalue weighted by atomic mass is 32.2. The summed E-state index contributed by atoms with van der Waals surface area (Å²) in [5, 5.41) is 3.80. The van der Waals surface area contributed by atoms with Gasteiger partial charge in [0.2, 0.25) is 0 Å². The van der Waals surface area contributed by atoms with Crippen molar-refractivity contribution in [2.75, 3.05) is 35.2 Å². The van der Waals surface area contributed by atoms with Gasteiger partial charge in [0, 0.05) is 29.5 Å². The zero-order valence-electron chi connectivity index (χ0n) is 16.6. The number of nitrogens with one attached hydrogen (secondary N) is 1. The monoisotopic (exact) mass is 423 g/mol. The van der Waals surface area contributed by atoms with Crippen LogP contribution in [-0.2, 0) is 19.3 Å². The van der Waals surface area contributed by atoms with Crippen LogP contribution < -0.4 is 15.1 Å². The molecule has 10 heteroatoms. The molecule has 1 N–H and O–H groups in total. The van der Waals surface area contributed by atoms with Crippen molar-refractivity contribution in [2.45, 2.75) is 32.5 Å². The second-order valence-corrected chi connectivity index (χ2v) is 9.87. The van der Waals surface area contributed by atoms with Gasteiger partial charge in [0.25, 0.3) is 0 Å². The maximum atomic E-state index is 12.2. The number of benzene rings is 1. The second-order valence-electron chi connectivity index (χ2n) is 7.86. The SMILES string of the molecule is CC(C)(C)OC(=O)NC[C@H]1CN(c2ccc(N3C=CS(=O)(=O)CC3)cc2)C(=O)O1. The third kappa shape index (κ3) is 5.63. The van der Waals surface area contributed by atoms with E-state index in [-0.39, 0.29) is 12.3 Å². The molecule has 2 amide bonds. The molecule has 2 aliphatic rings. The normalized spacial score (nSPS) is 21.1. The summed E-state index contributed by atoms with van der Waals surface area (Å²) in [6, 6.07) is 7.18. The summed E-state index contributed by atoms with van der Waals surface area (Å²) in [7, 11) is -3.11. The number of carbonyl (C=O) groups is 2. The molecule has 1 saturated heterocycles. The number of anilines is 2. The van der Waals surface area contributed by atoms with E-state index in [4.69, 9.17) is 9.47 Å². The van der Waals surface area contributed by atoms with Crippen LogP contribution in [-0.4, -0.2) is 57.7 Å². The number of hydrogen-bond acceptors (Lipinski definition) is 7. The number of hydrogen-bond donors (Lipinski definition) is 1. The van der Waals surface area contributed by atoms with Crippen LogP contribution in [0.5, 0.6) is 0 Å². The van der Waals surface area contributed by atoms with E-state index in [0.29, 0.717) is 18.8 Å².